The molecule has 1 fully saturated rings. The number of rotatable bonds is 3. The largest absolute Gasteiger partial charge is 0.334 e. The van der Waals surface area contributed by atoms with Gasteiger partial charge in [0.1, 0.15) is 0 Å². The molecule has 1 atom stereocenters. The van der Waals surface area contributed by atoms with Crippen molar-refractivity contribution in [3.05, 3.63) is 35.2 Å². The number of hydrogen-bond acceptors (Lipinski definition) is 4. The second-order valence-electron chi connectivity index (χ2n) is 5.09. The zero-order valence-corrected chi connectivity index (χ0v) is 10.7. The molecule has 1 aliphatic rings. The van der Waals surface area contributed by atoms with Crippen molar-refractivity contribution in [2.75, 3.05) is 0 Å². The summed E-state index contributed by atoms with van der Waals surface area (Å²) in [5.41, 5.74) is 9.40. The smallest absolute Gasteiger partial charge is 0.258 e. The lowest BCUT2D eigenvalue weighted by Gasteiger charge is -2.04. The summed E-state index contributed by atoms with van der Waals surface area (Å²) in [7, 11) is 0. The van der Waals surface area contributed by atoms with Crippen LogP contribution >= 0.6 is 0 Å². The van der Waals surface area contributed by atoms with Crippen molar-refractivity contribution < 1.29 is 4.52 Å². The normalized spacial score (nSPS) is 16.8. The highest BCUT2D eigenvalue weighted by Gasteiger charge is 2.32. The van der Waals surface area contributed by atoms with E-state index in [1.165, 1.54) is 12.8 Å². The summed E-state index contributed by atoms with van der Waals surface area (Å²) in [5.74, 6) is 1.75. The van der Waals surface area contributed by atoms with Gasteiger partial charge in [0.05, 0.1) is 6.04 Å². The van der Waals surface area contributed by atoms with Gasteiger partial charge in [-0.1, -0.05) is 23.4 Å². The molecule has 1 aliphatic carbocycles. The molecule has 94 valence electrons. The highest BCUT2D eigenvalue weighted by Crippen LogP contribution is 2.39. The van der Waals surface area contributed by atoms with Gasteiger partial charge in [-0.25, -0.2) is 0 Å². The van der Waals surface area contributed by atoms with Crippen LogP contribution in [0.15, 0.2) is 22.7 Å². The average molecular weight is 243 g/mol. The summed E-state index contributed by atoms with van der Waals surface area (Å²) in [4.78, 5) is 4.46. The molecule has 1 heterocycles. The maximum Gasteiger partial charge on any atom is 0.258 e. The molecule has 0 spiro atoms. The quantitative estimate of drug-likeness (QED) is 0.900. The minimum Gasteiger partial charge on any atom is -0.334 e. The summed E-state index contributed by atoms with van der Waals surface area (Å²) in [6.07, 6.45) is 2.35. The zero-order valence-electron chi connectivity index (χ0n) is 10.7. The van der Waals surface area contributed by atoms with E-state index in [0.717, 1.165) is 16.7 Å². The molecule has 4 nitrogen and oxygen atoms in total. The summed E-state index contributed by atoms with van der Waals surface area (Å²) in [5, 5.41) is 4.02. The van der Waals surface area contributed by atoms with Gasteiger partial charge in [0, 0.05) is 5.56 Å². The van der Waals surface area contributed by atoms with Gasteiger partial charge < -0.3 is 10.3 Å². The fraction of sp³-hybridized carbons (Fsp3) is 0.429. The van der Waals surface area contributed by atoms with E-state index in [-0.39, 0.29) is 6.04 Å². The molecule has 18 heavy (non-hydrogen) atoms. The fourth-order valence-corrected chi connectivity index (χ4v) is 2.29. The number of nitrogens with zero attached hydrogens (tertiary/aromatic N) is 2. The van der Waals surface area contributed by atoms with Crippen molar-refractivity contribution in [3.63, 3.8) is 0 Å². The average Bonchev–Trinajstić information content (AvgIpc) is 3.08. The molecule has 2 N–H and O–H groups in total. The second-order valence-corrected chi connectivity index (χ2v) is 5.09. The first-order chi connectivity index (χ1) is 8.66. The maximum atomic E-state index is 6.08. The lowest BCUT2D eigenvalue weighted by molar-refractivity contribution is 0.411. The minimum atomic E-state index is -0.0770. The highest BCUT2D eigenvalue weighted by molar-refractivity contribution is 5.62. The van der Waals surface area contributed by atoms with Gasteiger partial charge in [0.25, 0.3) is 5.89 Å². The van der Waals surface area contributed by atoms with Gasteiger partial charge >= 0.3 is 0 Å². The van der Waals surface area contributed by atoms with Crippen LogP contribution in [0.5, 0.6) is 0 Å². The van der Waals surface area contributed by atoms with Crippen molar-refractivity contribution in [2.24, 2.45) is 11.7 Å². The monoisotopic (exact) mass is 243 g/mol. The SMILES string of the molecule is Cc1cccc(C)c1-c1nc(C(N)C2CC2)no1. The Hall–Kier alpha value is -1.68. The van der Waals surface area contributed by atoms with Crippen LogP contribution in [-0.4, -0.2) is 10.1 Å². The van der Waals surface area contributed by atoms with Crippen LogP contribution < -0.4 is 5.73 Å². The van der Waals surface area contributed by atoms with Gasteiger partial charge in [-0.15, -0.1) is 0 Å². The molecule has 1 unspecified atom stereocenters. The summed E-state index contributed by atoms with van der Waals surface area (Å²) in [6.45, 7) is 4.10. The molecule has 0 aliphatic heterocycles. The molecule has 1 aromatic carbocycles. The second kappa shape index (κ2) is 4.21. The Morgan fingerprint density at radius 1 is 1.28 bits per heavy atom. The van der Waals surface area contributed by atoms with E-state index in [2.05, 4.69) is 10.1 Å². The first kappa shape index (κ1) is 11.4. The standard InChI is InChI=1S/C14H17N3O/c1-8-4-3-5-9(2)11(8)14-16-13(17-18-14)12(15)10-6-7-10/h3-5,10,12H,6-7,15H2,1-2H3. The number of nitrogens with two attached hydrogens (primary N) is 1. The van der Waals surface area contributed by atoms with Crippen molar-refractivity contribution in [1.29, 1.82) is 0 Å². The van der Waals surface area contributed by atoms with Crippen molar-refractivity contribution in [1.82, 2.24) is 10.1 Å². The summed E-state index contributed by atoms with van der Waals surface area (Å²) >= 11 is 0. The highest BCUT2D eigenvalue weighted by atomic mass is 16.5. The number of hydrogen-bond donors (Lipinski definition) is 1. The van der Waals surface area contributed by atoms with Gasteiger partial charge in [-0.05, 0) is 43.7 Å². The zero-order chi connectivity index (χ0) is 12.7. The van der Waals surface area contributed by atoms with Crippen molar-refractivity contribution >= 4 is 0 Å². The number of benzene rings is 1. The van der Waals surface area contributed by atoms with Crippen LogP contribution in [0.1, 0.15) is 35.8 Å². The Morgan fingerprint density at radius 2 is 1.94 bits per heavy atom. The minimum absolute atomic E-state index is 0.0770. The predicted molar refractivity (Wildman–Crippen MR) is 68.9 cm³/mol. The van der Waals surface area contributed by atoms with Crippen LogP contribution in [0.2, 0.25) is 0 Å². The van der Waals surface area contributed by atoms with Crippen LogP contribution in [0, 0.1) is 19.8 Å². The van der Waals surface area contributed by atoms with Crippen LogP contribution in [0.25, 0.3) is 11.5 Å². The molecular formula is C14H17N3O. The lowest BCUT2D eigenvalue weighted by Crippen LogP contribution is -2.13. The van der Waals surface area contributed by atoms with E-state index in [1.54, 1.807) is 0 Å². The topological polar surface area (TPSA) is 64.9 Å². The molecule has 3 rings (SSSR count). The molecule has 1 saturated carbocycles. The van der Waals surface area contributed by atoms with Crippen LogP contribution in [-0.2, 0) is 0 Å². The van der Waals surface area contributed by atoms with Crippen LogP contribution in [0.3, 0.4) is 0 Å². The first-order valence-electron chi connectivity index (χ1n) is 6.32. The maximum absolute atomic E-state index is 6.08. The third kappa shape index (κ3) is 1.93. The summed E-state index contributed by atoms with van der Waals surface area (Å²) < 4.78 is 5.37. The van der Waals surface area contributed by atoms with Gasteiger partial charge in [0.15, 0.2) is 5.82 Å². The fourth-order valence-electron chi connectivity index (χ4n) is 2.29. The van der Waals surface area contributed by atoms with Gasteiger partial charge in [-0.3, -0.25) is 0 Å². The summed E-state index contributed by atoms with van der Waals surface area (Å²) in [6, 6.07) is 6.05. The lowest BCUT2D eigenvalue weighted by atomic mass is 10.0. The van der Waals surface area contributed by atoms with E-state index >= 15 is 0 Å². The third-order valence-corrected chi connectivity index (χ3v) is 3.56. The third-order valence-electron chi connectivity index (χ3n) is 3.56. The molecule has 0 saturated heterocycles. The van der Waals surface area contributed by atoms with E-state index in [0.29, 0.717) is 17.6 Å². The van der Waals surface area contributed by atoms with E-state index in [9.17, 15) is 0 Å². The van der Waals surface area contributed by atoms with Crippen LogP contribution in [0.4, 0.5) is 0 Å². The Bertz CT molecular complexity index is 552. The van der Waals surface area contributed by atoms with E-state index in [1.807, 2.05) is 32.0 Å². The van der Waals surface area contributed by atoms with E-state index in [4.69, 9.17) is 10.3 Å². The van der Waals surface area contributed by atoms with Crippen molar-refractivity contribution in [3.8, 4) is 11.5 Å². The molecule has 2 aromatic rings. The van der Waals surface area contributed by atoms with Gasteiger partial charge in [0.2, 0.25) is 0 Å². The Kier molecular flexibility index (Phi) is 2.67. The number of aromatic nitrogens is 2. The van der Waals surface area contributed by atoms with Gasteiger partial charge in [-0.2, -0.15) is 4.98 Å². The van der Waals surface area contributed by atoms with Crippen molar-refractivity contribution in [2.45, 2.75) is 32.7 Å². The molecule has 0 bridgehead atoms. The Balaban J connectivity index is 1.97. The Labute approximate surface area is 106 Å². The predicted octanol–water partition coefficient (Wildman–Crippen LogP) is 2.76. The Morgan fingerprint density at radius 3 is 2.56 bits per heavy atom. The molecule has 1 aromatic heterocycles. The number of aryl methyl sites for hydroxylation is 2. The first-order valence-corrected chi connectivity index (χ1v) is 6.32. The molecule has 4 heteroatoms. The molecule has 0 amide bonds. The molecular weight excluding hydrogens is 226 g/mol. The van der Waals surface area contributed by atoms with E-state index < -0.39 is 0 Å². The molecule has 0 radical (unpaired) electrons.